The van der Waals surface area contributed by atoms with Gasteiger partial charge in [0.1, 0.15) is 23.3 Å². The van der Waals surface area contributed by atoms with Gasteiger partial charge in [-0.25, -0.2) is 0 Å². The molecule has 0 unspecified atom stereocenters. The Morgan fingerprint density at radius 3 is 1.73 bits per heavy atom. The van der Waals surface area contributed by atoms with Crippen LogP contribution in [0.2, 0.25) is 0 Å². The van der Waals surface area contributed by atoms with Crippen LogP contribution in [-0.2, 0) is 26.8 Å². The fourth-order valence-electron chi connectivity index (χ4n) is 4.46. The summed E-state index contributed by atoms with van der Waals surface area (Å²) in [5.41, 5.74) is 3.37. The lowest BCUT2D eigenvalue weighted by Gasteiger charge is -2.28. The Morgan fingerprint density at radius 1 is 0.800 bits per heavy atom. The molecule has 0 heterocycles. The summed E-state index contributed by atoms with van der Waals surface area (Å²) in [6, 6.07) is 17.1. The van der Waals surface area contributed by atoms with E-state index in [1.54, 1.807) is 62.8 Å². The van der Waals surface area contributed by atoms with Crippen molar-refractivity contribution in [2.45, 2.75) is 71.3 Å². The molecule has 3 N–H and O–H groups in total. The van der Waals surface area contributed by atoms with E-state index in [0.29, 0.717) is 34.9 Å². The third kappa shape index (κ3) is 7.78. The minimum Gasteiger partial charge on any atom is -0.507 e. The molecule has 0 spiro atoms. The van der Waals surface area contributed by atoms with Crippen LogP contribution in [0, 0.1) is 0 Å². The molecule has 0 saturated heterocycles. The highest BCUT2D eigenvalue weighted by atomic mass is 16.5. The van der Waals surface area contributed by atoms with E-state index in [1.807, 2.05) is 12.1 Å². The van der Waals surface area contributed by atoms with Crippen LogP contribution in [0.1, 0.15) is 76.3 Å². The number of hydrogen-bond acceptors (Lipinski definition) is 5. The number of carbonyl (C=O) groups excluding carboxylic acids is 2. The predicted octanol–water partition coefficient (Wildman–Crippen LogP) is 6.43. The second-order valence-corrected chi connectivity index (χ2v) is 12.0. The van der Waals surface area contributed by atoms with E-state index in [9.17, 15) is 14.7 Å². The lowest BCUT2D eigenvalue weighted by atomic mass is 9.78. The first-order valence-corrected chi connectivity index (χ1v) is 13.5. The molecule has 0 aliphatic rings. The molecule has 3 rings (SSSR count). The SMILES string of the molecule is COc1ccc(NC(=O)[C@H](NC(=O)CCc2cc(C(C)(C)C)c(O)c(C(C)(C)C)c2)c2ccc(OC)cc2)cc1. The first-order valence-electron chi connectivity index (χ1n) is 13.5. The van der Waals surface area contributed by atoms with E-state index in [-0.39, 0.29) is 29.1 Å². The normalized spacial score (nSPS) is 12.4. The first kappa shape index (κ1) is 30.5. The molecule has 3 aromatic carbocycles. The van der Waals surface area contributed by atoms with Crippen molar-refractivity contribution in [3.05, 3.63) is 82.9 Å². The van der Waals surface area contributed by atoms with Gasteiger partial charge in [-0.05, 0) is 75.9 Å². The highest BCUT2D eigenvalue weighted by molar-refractivity contribution is 5.98. The van der Waals surface area contributed by atoms with Gasteiger partial charge in [-0.2, -0.15) is 0 Å². The third-order valence-electron chi connectivity index (χ3n) is 6.80. The summed E-state index contributed by atoms with van der Waals surface area (Å²) in [4.78, 5) is 26.6. The van der Waals surface area contributed by atoms with Gasteiger partial charge in [0.05, 0.1) is 14.2 Å². The van der Waals surface area contributed by atoms with E-state index in [4.69, 9.17) is 9.47 Å². The van der Waals surface area contributed by atoms with Gasteiger partial charge in [0.25, 0.3) is 5.91 Å². The summed E-state index contributed by atoms with van der Waals surface area (Å²) < 4.78 is 10.4. The highest BCUT2D eigenvalue weighted by Gasteiger charge is 2.27. The maximum atomic E-state index is 13.4. The maximum absolute atomic E-state index is 13.4. The van der Waals surface area contributed by atoms with Gasteiger partial charge in [0.2, 0.25) is 5.91 Å². The molecule has 40 heavy (non-hydrogen) atoms. The lowest BCUT2D eigenvalue weighted by Crippen LogP contribution is -2.37. The summed E-state index contributed by atoms with van der Waals surface area (Å²) in [6.45, 7) is 12.4. The number of benzene rings is 3. The fourth-order valence-corrected chi connectivity index (χ4v) is 4.46. The summed E-state index contributed by atoms with van der Waals surface area (Å²) in [7, 11) is 3.15. The Labute approximate surface area is 237 Å². The Balaban J connectivity index is 1.82. The Kier molecular flexibility index (Phi) is 9.51. The minimum atomic E-state index is -0.907. The van der Waals surface area contributed by atoms with Crippen molar-refractivity contribution < 1.29 is 24.2 Å². The topological polar surface area (TPSA) is 96.9 Å². The molecular formula is C33H42N2O5. The zero-order chi connectivity index (χ0) is 29.7. The number of aromatic hydroxyl groups is 1. The van der Waals surface area contributed by atoms with Crippen molar-refractivity contribution in [3.8, 4) is 17.2 Å². The van der Waals surface area contributed by atoms with Crippen LogP contribution in [-0.4, -0.2) is 31.1 Å². The third-order valence-corrected chi connectivity index (χ3v) is 6.80. The summed E-state index contributed by atoms with van der Waals surface area (Å²) in [6.07, 6.45) is 0.647. The summed E-state index contributed by atoms with van der Waals surface area (Å²) in [5.74, 6) is 1.02. The predicted molar refractivity (Wildman–Crippen MR) is 159 cm³/mol. The Hall–Kier alpha value is -4.00. The van der Waals surface area contributed by atoms with Crippen LogP contribution < -0.4 is 20.1 Å². The van der Waals surface area contributed by atoms with Gasteiger partial charge in [0, 0.05) is 12.1 Å². The van der Waals surface area contributed by atoms with Crippen LogP contribution in [0.3, 0.4) is 0 Å². The molecule has 3 aromatic rings. The van der Waals surface area contributed by atoms with Crippen LogP contribution >= 0.6 is 0 Å². The Morgan fingerprint density at radius 2 is 1.27 bits per heavy atom. The molecule has 0 aliphatic heterocycles. The summed E-state index contributed by atoms with van der Waals surface area (Å²) in [5, 5.41) is 16.8. The molecule has 0 aromatic heterocycles. The van der Waals surface area contributed by atoms with Crippen LogP contribution in [0.15, 0.2) is 60.7 Å². The average molecular weight is 547 g/mol. The smallest absolute Gasteiger partial charge is 0.251 e. The molecule has 214 valence electrons. The molecule has 1 atom stereocenters. The zero-order valence-corrected chi connectivity index (χ0v) is 24.8. The van der Waals surface area contributed by atoms with E-state index in [0.717, 1.165) is 16.7 Å². The number of ether oxygens (including phenoxy) is 2. The molecule has 7 heteroatoms. The van der Waals surface area contributed by atoms with Crippen LogP contribution in [0.5, 0.6) is 17.2 Å². The highest BCUT2D eigenvalue weighted by Crippen LogP contribution is 2.40. The van der Waals surface area contributed by atoms with Crippen molar-refractivity contribution in [2.75, 3.05) is 19.5 Å². The lowest BCUT2D eigenvalue weighted by molar-refractivity contribution is -0.126. The number of aryl methyl sites for hydroxylation is 1. The van der Waals surface area contributed by atoms with E-state index < -0.39 is 6.04 Å². The second kappa shape index (κ2) is 12.5. The van der Waals surface area contributed by atoms with Crippen LogP contribution in [0.4, 0.5) is 5.69 Å². The molecule has 2 amide bonds. The average Bonchev–Trinajstić information content (AvgIpc) is 2.90. The van der Waals surface area contributed by atoms with Crippen molar-refractivity contribution >= 4 is 17.5 Å². The number of phenols is 1. The number of carbonyl (C=O) groups is 2. The van der Waals surface area contributed by atoms with Crippen molar-refractivity contribution in [1.82, 2.24) is 5.32 Å². The number of methoxy groups -OCH3 is 2. The quantitative estimate of drug-likeness (QED) is 0.287. The van der Waals surface area contributed by atoms with Gasteiger partial charge >= 0.3 is 0 Å². The number of rotatable bonds is 9. The summed E-state index contributed by atoms with van der Waals surface area (Å²) >= 11 is 0. The van der Waals surface area contributed by atoms with Crippen LogP contribution in [0.25, 0.3) is 0 Å². The molecule has 0 radical (unpaired) electrons. The van der Waals surface area contributed by atoms with Crippen molar-refractivity contribution in [3.63, 3.8) is 0 Å². The van der Waals surface area contributed by atoms with E-state index in [2.05, 4.69) is 52.2 Å². The number of phenolic OH excluding ortho intramolecular Hbond substituents is 1. The number of amides is 2. The molecule has 0 aliphatic carbocycles. The molecule has 0 bridgehead atoms. The second-order valence-electron chi connectivity index (χ2n) is 12.0. The molecule has 7 nitrogen and oxygen atoms in total. The van der Waals surface area contributed by atoms with Gasteiger partial charge in [-0.15, -0.1) is 0 Å². The zero-order valence-electron chi connectivity index (χ0n) is 24.8. The van der Waals surface area contributed by atoms with E-state index >= 15 is 0 Å². The van der Waals surface area contributed by atoms with Gasteiger partial charge in [-0.1, -0.05) is 65.8 Å². The fraction of sp³-hybridized carbons (Fsp3) is 0.394. The number of anilines is 1. The van der Waals surface area contributed by atoms with E-state index in [1.165, 1.54) is 0 Å². The van der Waals surface area contributed by atoms with Crippen molar-refractivity contribution in [2.24, 2.45) is 0 Å². The maximum Gasteiger partial charge on any atom is 0.251 e. The van der Waals surface area contributed by atoms with Gasteiger partial charge < -0.3 is 25.2 Å². The van der Waals surface area contributed by atoms with Gasteiger partial charge in [0.15, 0.2) is 0 Å². The molecule has 0 saturated carbocycles. The van der Waals surface area contributed by atoms with Gasteiger partial charge in [-0.3, -0.25) is 9.59 Å². The number of hydrogen-bond donors (Lipinski definition) is 3. The monoisotopic (exact) mass is 546 g/mol. The largest absolute Gasteiger partial charge is 0.507 e. The molecular weight excluding hydrogens is 504 g/mol. The standard InChI is InChI=1S/C33H42N2O5/c1-32(2,3)26-19-21(20-27(30(26)37)33(4,5)6)9-18-28(36)35-29(22-10-14-24(39-7)15-11-22)31(38)34-23-12-16-25(40-8)17-13-23/h10-17,19-20,29,37H,9,18H2,1-8H3,(H,34,38)(H,35,36)/t29-/m1/s1. The van der Waals surface area contributed by atoms with Crippen molar-refractivity contribution in [1.29, 1.82) is 0 Å². The minimum absolute atomic E-state index is 0.181. The number of nitrogens with one attached hydrogen (secondary N) is 2. The molecule has 0 fully saturated rings. The Bertz CT molecular complexity index is 1280. The first-order chi connectivity index (χ1) is 18.7.